The number of nitrogens with one attached hydrogen (secondary N) is 1. The third-order valence-corrected chi connectivity index (χ3v) is 8.11. The van der Waals surface area contributed by atoms with Crippen molar-refractivity contribution in [3.63, 3.8) is 0 Å². The lowest BCUT2D eigenvalue weighted by Gasteiger charge is -2.39. The van der Waals surface area contributed by atoms with Crippen LogP contribution in [0.3, 0.4) is 0 Å². The molecule has 9 heteroatoms. The number of amides is 1. The van der Waals surface area contributed by atoms with Crippen molar-refractivity contribution in [3.8, 4) is 0 Å². The van der Waals surface area contributed by atoms with E-state index in [1.807, 2.05) is 30.3 Å². The molecule has 0 spiro atoms. The number of likely N-dealkylation sites (tertiary alicyclic amines) is 1. The Bertz CT molecular complexity index is 1340. The van der Waals surface area contributed by atoms with Crippen LogP contribution in [0.2, 0.25) is 5.02 Å². The lowest BCUT2D eigenvalue weighted by atomic mass is 9.84. The van der Waals surface area contributed by atoms with Crippen molar-refractivity contribution in [2.24, 2.45) is 0 Å². The van der Waals surface area contributed by atoms with E-state index in [-0.39, 0.29) is 11.7 Å². The number of fused-ring (bicyclic) bond motifs is 1. The molecule has 0 atom stereocenters. The standard InChI is InChI=1S/C25H21ClFN3O2S2/c26-19-4-2-1-3-18(19)25(32)11-13-30(14-12-25)24(31)16-5-7-17(8-6-16)29-34-21-10-9-20(27)23-22(21)28-15-33-23/h1-10,15,29,32H,11-14H2. The number of nitrogens with zero attached hydrogens (tertiary/aromatic N) is 2. The SMILES string of the molecule is O=C(c1ccc(NSc2ccc(F)c3scnc23)cc1)N1CCC(O)(c2ccccc2Cl)CC1. The summed E-state index contributed by atoms with van der Waals surface area (Å²) in [6.07, 6.45) is 0.864. The normalized spacial score (nSPS) is 15.4. The van der Waals surface area contributed by atoms with Crippen LogP contribution in [0, 0.1) is 5.82 Å². The van der Waals surface area contributed by atoms with E-state index >= 15 is 0 Å². The Morgan fingerprint density at radius 3 is 2.59 bits per heavy atom. The molecule has 4 aromatic rings. The van der Waals surface area contributed by atoms with E-state index in [1.54, 1.807) is 34.7 Å². The Hall–Kier alpha value is -2.65. The molecule has 0 radical (unpaired) electrons. The molecule has 0 unspecified atom stereocenters. The first-order valence-corrected chi connectivity index (χ1v) is 12.8. The number of benzene rings is 3. The highest BCUT2D eigenvalue weighted by Gasteiger charge is 2.36. The van der Waals surface area contributed by atoms with Gasteiger partial charge in [0.05, 0.1) is 26.2 Å². The molecular formula is C25H21ClFN3O2S2. The average Bonchev–Trinajstić information content (AvgIpc) is 3.36. The molecule has 1 saturated heterocycles. The number of anilines is 1. The number of hydrogen-bond donors (Lipinski definition) is 2. The lowest BCUT2D eigenvalue weighted by molar-refractivity contribution is -0.0210. The highest BCUT2D eigenvalue weighted by molar-refractivity contribution is 8.00. The van der Waals surface area contributed by atoms with Crippen LogP contribution in [0.4, 0.5) is 10.1 Å². The number of piperidine rings is 1. The van der Waals surface area contributed by atoms with Gasteiger partial charge >= 0.3 is 0 Å². The fraction of sp³-hybridized carbons (Fsp3) is 0.200. The highest BCUT2D eigenvalue weighted by Crippen LogP contribution is 2.37. The second-order valence-electron chi connectivity index (χ2n) is 8.16. The molecule has 2 N–H and O–H groups in total. The van der Waals surface area contributed by atoms with Crippen LogP contribution in [0.5, 0.6) is 0 Å². The van der Waals surface area contributed by atoms with Gasteiger partial charge in [0.15, 0.2) is 0 Å². The van der Waals surface area contributed by atoms with Crippen molar-refractivity contribution in [1.29, 1.82) is 0 Å². The summed E-state index contributed by atoms with van der Waals surface area (Å²) in [5.74, 6) is -0.337. The number of rotatable bonds is 5. The Morgan fingerprint density at radius 2 is 1.85 bits per heavy atom. The van der Waals surface area contributed by atoms with E-state index in [9.17, 15) is 14.3 Å². The van der Waals surface area contributed by atoms with Crippen molar-refractivity contribution in [2.45, 2.75) is 23.3 Å². The minimum atomic E-state index is -1.02. The summed E-state index contributed by atoms with van der Waals surface area (Å²) in [5.41, 5.74) is 3.37. The first kappa shape index (κ1) is 23.1. The zero-order valence-electron chi connectivity index (χ0n) is 18.0. The van der Waals surface area contributed by atoms with Gasteiger partial charge in [-0.15, -0.1) is 11.3 Å². The summed E-state index contributed by atoms with van der Waals surface area (Å²) in [6.45, 7) is 0.898. The van der Waals surface area contributed by atoms with Gasteiger partial charge < -0.3 is 14.7 Å². The molecule has 2 heterocycles. The van der Waals surface area contributed by atoms with Gasteiger partial charge in [0.25, 0.3) is 5.91 Å². The molecule has 1 amide bonds. The van der Waals surface area contributed by atoms with E-state index in [0.717, 1.165) is 10.6 Å². The first-order chi connectivity index (χ1) is 16.4. The van der Waals surface area contributed by atoms with Gasteiger partial charge in [-0.2, -0.15) is 0 Å². The van der Waals surface area contributed by atoms with Crippen molar-refractivity contribution >= 4 is 56.7 Å². The van der Waals surface area contributed by atoms with Gasteiger partial charge in [0.2, 0.25) is 0 Å². The number of carbonyl (C=O) groups is 1. The quantitative estimate of drug-likeness (QED) is 0.305. The molecule has 0 saturated carbocycles. The second-order valence-corrected chi connectivity index (χ2v) is 10.3. The van der Waals surface area contributed by atoms with Crippen LogP contribution in [0.25, 0.3) is 10.2 Å². The fourth-order valence-electron chi connectivity index (χ4n) is 4.14. The lowest BCUT2D eigenvalue weighted by Crippen LogP contribution is -2.45. The second kappa shape index (κ2) is 9.54. The monoisotopic (exact) mass is 513 g/mol. The predicted molar refractivity (Wildman–Crippen MR) is 136 cm³/mol. The van der Waals surface area contributed by atoms with Crippen LogP contribution in [-0.4, -0.2) is 34.0 Å². The molecular weight excluding hydrogens is 493 g/mol. The summed E-state index contributed by atoms with van der Waals surface area (Å²) < 4.78 is 17.6. The van der Waals surface area contributed by atoms with Crippen LogP contribution in [0.15, 0.2) is 71.1 Å². The Kier molecular flexibility index (Phi) is 6.48. The van der Waals surface area contributed by atoms with E-state index in [4.69, 9.17) is 11.6 Å². The van der Waals surface area contributed by atoms with Crippen LogP contribution < -0.4 is 4.72 Å². The minimum Gasteiger partial charge on any atom is -0.385 e. The van der Waals surface area contributed by atoms with Gasteiger partial charge in [0, 0.05) is 34.9 Å². The van der Waals surface area contributed by atoms with Gasteiger partial charge in [0.1, 0.15) is 5.82 Å². The largest absolute Gasteiger partial charge is 0.385 e. The summed E-state index contributed by atoms with van der Waals surface area (Å²) in [6, 6.07) is 17.7. The molecule has 1 fully saturated rings. The maximum atomic E-state index is 13.9. The molecule has 1 aromatic heterocycles. The molecule has 3 aromatic carbocycles. The van der Waals surface area contributed by atoms with Crippen LogP contribution in [-0.2, 0) is 5.60 Å². The Balaban J connectivity index is 1.21. The highest BCUT2D eigenvalue weighted by atomic mass is 35.5. The molecule has 34 heavy (non-hydrogen) atoms. The molecule has 1 aliphatic rings. The fourth-order valence-corrected chi connectivity index (χ4v) is 5.99. The maximum absolute atomic E-state index is 13.9. The number of carbonyl (C=O) groups excluding carboxylic acids is 1. The summed E-state index contributed by atoms with van der Waals surface area (Å²) >= 11 is 8.91. The van der Waals surface area contributed by atoms with Crippen molar-refractivity contribution < 1.29 is 14.3 Å². The van der Waals surface area contributed by atoms with Crippen molar-refractivity contribution in [3.05, 3.63) is 88.1 Å². The molecule has 5 rings (SSSR count). The van der Waals surface area contributed by atoms with Crippen molar-refractivity contribution in [2.75, 3.05) is 17.8 Å². The Morgan fingerprint density at radius 1 is 1.12 bits per heavy atom. The van der Waals surface area contributed by atoms with E-state index in [0.29, 0.717) is 52.3 Å². The van der Waals surface area contributed by atoms with E-state index in [2.05, 4.69) is 9.71 Å². The number of halogens is 2. The zero-order valence-corrected chi connectivity index (χ0v) is 20.4. The third-order valence-electron chi connectivity index (χ3n) is 6.06. The predicted octanol–water partition coefficient (Wildman–Crippen LogP) is 6.33. The van der Waals surface area contributed by atoms with Crippen LogP contribution in [0.1, 0.15) is 28.8 Å². The van der Waals surface area contributed by atoms with Gasteiger partial charge in [-0.05, 0) is 67.3 Å². The first-order valence-electron chi connectivity index (χ1n) is 10.8. The molecule has 5 nitrogen and oxygen atoms in total. The number of aliphatic hydroxyl groups is 1. The number of aromatic nitrogens is 1. The van der Waals surface area contributed by atoms with Gasteiger partial charge in [-0.25, -0.2) is 9.37 Å². The van der Waals surface area contributed by atoms with Crippen molar-refractivity contribution in [1.82, 2.24) is 9.88 Å². The van der Waals surface area contributed by atoms with E-state index in [1.165, 1.54) is 29.4 Å². The third kappa shape index (κ3) is 4.51. The zero-order chi connectivity index (χ0) is 23.7. The Labute approximate surface area is 209 Å². The maximum Gasteiger partial charge on any atom is 0.253 e. The molecule has 174 valence electrons. The van der Waals surface area contributed by atoms with Gasteiger partial charge in [-0.1, -0.05) is 29.8 Å². The minimum absolute atomic E-state index is 0.0665. The molecule has 0 bridgehead atoms. The number of thiazole rings is 1. The molecule has 1 aliphatic heterocycles. The molecule has 0 aliphatic carbocycles. The topological polar surface area (TPSA) is 65.5 Å². The summed E-state index contributed by atoms with van der Waals surface area (Å²) in [5, 5.41) is 11.6. The van der Waals surface area contributed by atoms with Gasteiger partial charge in [-0.3, -0.25) is 4.79 Å². The summed E-state index contributed by atoms with van der Waals surface area (Å²) in [7, 11) is 0. The van der Waals surface area contributed by atoms with E-state index < -0.39 is 5.60 Å². The summed E-state index contributed by atoms with van der Waals surface area (Å²) in [4.78, 5) is 19.9. The number of hydrogen-bond acceptors (Lipinski definition) is 6. The smallest absolute Gasteiger partial charge is 0.253 e. The average molecular weight is 514 g/mol. The van der Waals surface area contributed by atoms with Crippen LogP contribution >= 0.6 is 34.9 Å².